The molecular weight excluding hydrogens is 374 g/mol. The molecule has 0 unspecified atom stereocenters. The van der Waals surface area contributed by atoms with Crippen LogP contribution in [0.4, 0.5) is 5.69 Å². The smallest absolute Gasteiger partial charge is 0.275 e. The quantitative estimate of drug-likeness (QED) is 0.670. The summed E-state index contributed by atoms with van der Waals surface area (Å²) in [7, 11) is -3.13. The largest absolute Gasteiger partial charge is 0.360 e. The molecular formula is C18H27ClN3O3S+. The van der Waals surface area contributed by atoms with Crippen LogP contribution in [0.2, 0.25) is 0 Å². The van der Waals surface area contributed by atoms with Gasteiger partial charge in [-0.1, -0.05) is 12.1 Å². The summed E-state index contributed by atoms with van der Waals surface area (Å²) in [6.07, 6.45) is 0. The maximum absolute atomic E-state index is 12.3. The summed E-state index contributed by atoms with van der Waals surface area (Å²) in [6, 6.07) is 5.90. The van der Waals surface area contributed by atoms with E-state index in [9.17, 15) is 13.2 Å². The molecule has 2 aliphatic rings. The summed E-state index contributed by atoms with van der Waals surface area (Å²) in [4.78, 5) is 15.9. The van der Waals surface area contributed by atoms with Gasteiger partial charge in [0.2, 0.25) is 0 Å². The Morgan fingerprint density at radius 3 is 2.58 bits per heavy atom. The van der Waals surface area contributed by atoms with E-state index >= 15 is 0 Å². The number of aryl methyl sites for hydroxylation is 1. The molecule has 0 radical (unpaired) electrons. The van der Waals surface area contributed by atoms with Gasteiger partial charge in [0.05, 0.1) is 49.1 Å². The van der Waals surface area contributed by atoms with Crippen molar-refractivity contribution in [2.75, 3.05) is 49.1 Å². The summed E-state index contributed by atoms with van der Waals surface area (Å²) in [6.45, 7) is 8.21. The molecule has 1 aromatic carbocycles. The molecule has 0 bridgehead atoms. The number of carbonyl (C=O) groups excluding carboxylic acids is 1. The number of alkyl halides is 1. The van der Waals surface area contributed by atoms with Gasteiger partial charge < -0.3 is 15.1 Å². The average Bonchev–Trinajstić information content (AvgIpc) is 2.82. The molecule has 2 aliphatic heterocycles. The number of benzene rings is 1. The van der Waals surface area contributed by atoms with Crippen LogP contribution in [0.25, 0.3) is 0 Å². The second-order valence-electron chi connectivity index (χ2n) is 7.40. The number of hydrogen-bond donors (Lipinski definition) is 2. The maximum atomic E-state index is 12.3. The molecule has 3 rings (SSSR count). The highest BCUT2D eigenvalue weighted by Gasteiger charge is 2.37. The number of halogens is 1. The first-order chi connectivity index (χ1) is 12.2. The second kappa shape index (κ2) is 7.74. The Kier molecular flexibility index (Phi) is 5.79. The molecule has 0 aliphatic carbocycles. The van der Waals surface area contributed by atoms with Crippen LogP contribution < -0.4 is 15.1 Å². The molecule has 1 amide bonds. The van der Waals surface area contributed by atoms with Gasteiger partial charge in [-0.05, 0) is 31.0 Å². The van der Waals surface area contributed by atoms with Crippen LogP contribution in [-0.4, -0.2) is 70.0 Å². The minimum atomic E-state index is -3.13. The fourth-order valence-corrected chi connectivity index (χ4v) is 6.29. The Bertz CT molecular complexity index is 776. The van der Waals surface area contributed by atoms with Crippen molar-refractivity contribution in [2.24, 2.45) is 0 Å². The molecule has 2 N–H and O–H groups in total. The lowest BCUT2D eigenvalue weighted by atomic mass is 10.1. The second-order valence-corrected chi connectivity index (χ2v) is 10.1. The van der Waals surface area contributed by atoms with Gasteiger partial charge in [-0.2, -0.15) is 0 Å². The monoisotopic (exact) mass is 400 g/mol. The van der Waals surface area contributed by atoms with Crippen molar-refractivity contribution in [3.05, 3.63) is 29.3 Å². The molecule has 2 heterocycles. The third-order valence-electron chi connectivity index (χ3n) is 5.43. The summed E-state index contributed by atoms with van der Waals surface area (Å²) >= 11 is 6.06. The summed E-state index contributed by atoms with van der Waals surface area (Å²) in [5, 5.41) is 2.28. The number of anilines is 1. The molecule has 2 fully saturated rings. The minimum Gasteiger partial charge on any atom is -0.360 e. The van der Waals surface area contributed by atoms with E-state index in [1.807, 2.05) is 0 Å². The third kappa shape index (κ3) is 4.50. The number of nitrogens with zero attached hydrogens (tertiary/aromatic N) is 1. The van der Waals surface area contributed by atoms with Gasteiger partial charge in [0.15, 0.2) is 16.4 Å². The Balaban J connectivity index is 1.49. The molecule has 1 aromatic rings. The van der Waals surface area contributed by atoms with Crippen LogP contribution in [-0.2, 0) is 14.6 Å². The lowest BCUT2D eigenvalue weighted by molar-refractivity contribution is -0.892. The van der Waals surface area contributed by atoms with Gasteiger partial charge in [0, 0.05) is 5.69 Å². The van der Waals surface area contributed by atoms with Crippen molar-refractivity contribution in [3.63, 3.8) is 0 Å². The summed E-state index contributed by atoms with van der Waals surface area (Å²) in [5.41, 5.74) is 3.87. The SMILES string of the molecule is Cc1cccc(N2CC[NH+](CC(=O)N[C@@H]3CS(=O)(=O)C[C@@H]3Cl)CC2)c1C. The molecule has 6 nitrogen and oxygen atoms in total. The number of nitrogens with one attached hydrogen (secondary N) is 2. The standard InChI is InChI=1S/C18H26ClN3O3S/c1-13-4-3-5-17(14(13)2)22-8-6-21(7-9-22)10-18(23)20-16-12-26(24,25)11-15(16)19/h3-5,15-16H,6-12H2,1-2H3,(H,20,23)/p+1/t15-,16+/m0/s1. The fourth-order valence-electron chi connectivity index (χ4n) is 3.74. The van der Waals surface area contributed by atoms with Crippen molar-refractivity contribution in [1.82, 2.24) is 5.32 Å². The van der Waals surface area contributed by atoms with E-state index in [1.165, 1.54) is 21.7 Å². The predicted molar refractivity (Wildman–Crippen MR) is 104 cm³/mol. The van der Waals surface area contributed by atoms with E-state index < -0.39 is 21.3 Å². The highest BCUT2D eigenvalue weighted by atomic mass is 35.5. The first-order valence-electron chi connectivity index (χ1n) is 9.04. The summed E-state index contributed by atoms with van der Waals surface area (Å²) in [5.74, 6) is -0.225. The number of sulfone groups is 1. The van der Waals surface area contributed by atoms with Gasteiger partial charge in [-0.15, -0.1) is 11.6 Å². The number of rotatable bonds is 4. The Labute approximate surface area is 160 Å². The van der Waals surface area contributed by atoms with E-state index in [-0.39, 0.29) is 17.4 Å². The molecule has 144 valence electrons. The third-order valence-corrected chi connectivity index (χ3v) is 7.80. The minimum absolute atomic E-state index is 0.0529. The first kappa shape index (κ1) is 19.5. The first-order valence-corrected chi connectivity index (χ1v) is 11.3. The normalized spacial score (nSPS) is 26.0. The number of hydrogen-bond acceptors (Lipinski definition) is 4. The lowest BCUT2D eigenvalue weighted by Gasteiger charge is -2.34. The van der Waals surface area contributed by atoms with Gasteiger partial charge in [0.25, 0.3) is 5.91 Å². The Hall–Kier alpha value is -1.31. The van der Waals surface area contributed by atoms with Crippen molar-refractivity contribution < 1.29 is 18.1 Å². The van der Waals surface area contributed by atoms with Gasteiger partial charge in [-0.3, -0.25) is 4.79 Å². The molecule has 0 spiro atoms. The zero-order chi connectivity index (χ0) is 18.9. The molecule has 0 saturated carbocycles. The molecule has 2 saturated heterocycles. The summed E-state index contributed by atoms with van der Waals surface area (Å²) < 4.78 is 23.2. The maximum Gasteiger partial charge on any atom is 0.275 e. The average molecular weight is 401 g/mol. The zero-order valence-electron chi connectivity index (χ0n) is 15.3. The number of amides is 1. The topological polar surface area (TPSA) is 70.9 Å². The number of quaternary nitrogens is 1. The van der Waals surface area contributed by atoms with E-state index in [4.69, 9.17) is 11.6 Å². The molecule has 26 heavy (non-hydrogen) atoms. The van der Waals surface area contributed by atoms with Crippen molar-refractivity contribution in [3.8, 4) is 0 Å². The van der Waals surface area contributed by atoms with Crippen LogP contribution in [0.15, 0.2) is 18.2 Å². The number of piperazine rings is 1. The van der Waals surface area contributed by atoms with Crippen LogP contribution in [0.3, 0.4) is 0 Å². The molecule has 2 atom stereocenters. The number of carbonyl (C=O) groups is 1. The van der Waals surface area contributed by atoms with E-state index in [0.29, 0.717) is 6.54 Å². The van der Waals surface area contributed by atoms with Crippen molar-refractivity contribution in [1.29, 1.82) is 0 Å². The van der Waals surface area contributed by atoms with Gasteiger partial charge in [-0.25, -0.2) is 8.42 Å². The van der Waals surface area contributed by atoms with Crippen LogP contribution >= 0.6 is 11.6 Å². The fraction of sp³-hybridized carbons (Fsp3) is 0.611. The molecule has 0 aromatic heterocycles. The van der Waals surface area contributed by atoms with E-state index in [2.05, 4.69) is 42.3 Å². The van der Waals surface area contributed by atoms with E-state index in [0.717, 1.165) is 26.2 Å². The van der Waals surface area contributed by atoms with E-state index in [1.54, 1.807) is 0 Å². The van der Waals surface area contributed by atoms with Gasteiger partial charge >= 0.3 is 0 Å². The lowest BCUT2D eigenvalue weighted by Crippen LogP contribution is -3.16. The Morgan fingerprint density at radius 1 is 1.27 bits per heavy atom. The Morgan fingerprint density at radius 2 is 1.96 bits per heavy atom. The van der Waals surface area contributed by atoms with Gasteiger partial charge in [0.1, 0.15) is 0 Å². The highest BCUT2D eigenvalue weighted by molar-refractivity contribution is 7.91. The van der Waals surface area contributed by atoms with Crippen molar-refractivity contribution in [2.45, 2.75) is 25.3 Å². The predicted octanol–water partition coefficient (Wildman–Crippen LogP) is -0.471. The molecule has 8 heteroatoms. The zero-order valence-corrected chi connectivity index (χ0v) is 16.9. The highest BCUT2D eigenvalue weighted by Crippen LogP contribution is 2.22. The van der Waals surface area contributed by atoms with Crippen LogP contribution in [0.5, 0.6) is 0 Å². The van der Waals surface area contributed by atoms with Crippen molar-refractivity contribution >= 4 is 33.0 Å². The van der Waals surface area contributed by atoms with Crippen LogP contribution in [0.1, 0.15) is 11.1 Å². The van der Waals surface area contributed by atoms with Crippen LogP contribution in [0, 0.1) is 13.8 Å².